The fourth-order valence-corrected chi connectivity index (χ4v) is 1.31. The van der Waals surface area contributed by atoms with Gasteiger partial charge in [0.15, 0.2) is 0 Å². The Morgan fingerprint density at radius 1 is 0.786 bits per heavy atom. The highest BCUT2D eigenvalue weighted by molar-refractivity contribution is 6.23. The second kappa shape index (κ2) is 3.59. The predicted molar refractivity (Wildman–Crippen MR) is 45.9 cm³/mol. The van der Waals surface area contributed by atoms with E-state index < -0.39 is 21.9 Å². The van der Waals surface area contributed by atoms with Crippen molar-refractivity contribution in [2.24, 2.45) is 0 Å². The van der Waals surface area contributed by atoms with Crippen molar-refractivity contribution in [3.8, 4) is 0 Å². The number of alkyl halides is 6. The maximum absolute atomic E-state index is 12.6. The zero-order chi connectivity index (χ0) is 11.0. The molecule has 0 aliphatic heterocycles. The van der Waals surface area contributed by atoms with Crippen molar-refractivity contribution in [1.29, 1.82) is 0 Å². The Bertz CT molecular complexity index is 294. The molecule has 0 heterocycles. The zero-order valence-electron chi connectivity index (χ0n) is 6.58. The lowest BCUT2D eigenvalue weighted by Gasteiger charge is -2.16. The van der Waals surface area contributed by atoms with Crippen LogP contribution in [0.3, 0.4) is 0 Å². The third-order valence-electron chi connectivity index (χ3n) is 1.54. The Kier molecular flexibility index (Phi) is 2.97. The number of rotatable bonds is 2. The van der Waals surface area contributed by atoms with Crippen LogP contribution in [0.4, 0.5) is 17.6 Å². The SMILES string of the molecule is FC(F)(Cl)c1ccccc1C(F)(F)Cl. The number of hydrogen-bond acceptors (Lipinski definition) is 0. The van der Waals surface area contributed by atoms with Gasteiger partial charge in [0.05, 0.1) is 0 Å². The first kappa shape index (κ1) is 11.6. The van der Waals surface area contributed by atoms with E-state index in [2.05, 4.69) is 23.2 Å². The van der Waals surface area contributed by atoms with Gasteiger partial charge in [-0.05, 0) is 23.2 Å². The summed E-state index contributed by atoms with van der Waals surface area (Å²) >= 11 is 9.29. The maximum atomic E-state index is 12.6. The average Bonchev–Trinajstić information content (AvgIpc) is 2.01. The Balaban J connectivity index is 3.31. The molecule has 0 aliphatic rings. The summed E-state index contributed by atoms with van der Waals surface area (Å²) in [6.07, 6.45) is 0. The quantitative estimate of drug-likeness (QED) is 0.541. The summed E-state index contributed by atoms with van der Waals surface area (Å²) in [7, 11) is 0. The molecule has 0 unspecified atom stereocenters. The molecule has 0 amide bonds. The van der Waals surface area contributed by atoms with E-state index in [4.69, 9.17) is 0 Å². The molecule has 0 nitrogen and oxygen atoms in total. The molecular formula is C8H4Cl2F4. The van der Waals surface area contributed by atoms with Crippen LogP contribution in [0.5, 0.6) is 0 Å². The molecule has 0 atom stereocenters. The van der Waals surface area contributed by atoms with Crippen molar-refractivity contribution in [3.63, 3.8) is 0 Å². The minimum absolute atomic E-state index is 0.804. The molecule has 6 heteroatoms. The minimum atomic E-state index is -3.85. The van der Waals surface area contributed by atoms with E-state index in [-0.39, 0.29) is 0 Å². The maximum Gasteiger partial charge on any atom is 0.348 e. The Labute approximate surface area is 87.4 Å². The van der Waals surface area contributed by atoms with Crippen LogP contribution in [0, 0.1) is 0 Å². The third kappa shape index (κ3) is 2.51. The van der Waals surface area contributed by atoms with Crippen LogP contribution >= 0.6 is 23.2 Å². The van der Waals surface area contributed by atoms with Gasteiger partial charge < -0.3 is 0 Å². The van der Waals surface area contributed by atoms with Crippen LogP contribution in [-0.4, -0.2) is 0 Å². The lowest BCUT2D eigenvalue weighted by molar-refractivity contribution is 0.0674. The van der Waals surface area contributed by atoms with E-state index in [1.54, 1.807) is 0 Å². The number of halogens is 6. The summed E-state index contributed by atoms with van der Waals surface area (Å²) in [6, 6.07) is 3.97. The van der Waals surface area contributed by atoms with E-state index in [0.717, 1.165) is 12.1 Å². The Hall–Kier alpha value is -0.480. The molecule has 0 aromatic heterocycles. The Morgan fingerprint density at radius 3 is 1.29 bits per heavy atom. The van der Waals surface area contributed by atoms with Crippen molar-refractivity contribution < 1.29 is 17.6 Å². The van der Waals surface area contributed by atoms with E-state index in [0.29, 0.717) is 0 Å². The first-order valence-electron chi connectivity index (χ1n) is 3.46. The van der Waals surface area contributed by atoms with Crippen LogP contribution < -0.4 is 0 Å². The Morgan fingerprint density at radius 2 is 1.07 bits per heavy atom. The molecule has 0 saturated carbocycles. The van der Waals surface area contributed by atoms with Gasteiger partial charge >= 0.3 is 10.8 Å². The summed E-state index contributed by atoms with van der Waals surface area (Å²) in [6.45, 7) is 0. The summed E-state index contributed by atoms with van der Waals surface area (Å²) in [4.78, 5) is 0. The van der Waals surface area contributed by atoms with Crippen molar-refractivity contribution in [2.75, 3.05) is 0 Å². The largest absolute Gasteiger partial charge is 0.348 e. The fraction of sp³-hybridized carbons (Fsp3) is 0.250. The highest BCUT2D eigenvalue weighted by Gasteiger charge is 2.39. The van der Waals surface area contributed by atoms with Crippen LogP contribution in [0.15, 0.2) is 24.3 Å². The second-order valence-electron chi connectivity index (χ2n) is 2.54. The lowest BCUT2D eigenvalue weighted by Crippen LogP contribution is -2.14. The highest BCUT2D eigenvalue weighted by Crippen LogP contribution is 2.42. The van der Waals surface area contributed by atoms with Gasteiger partial charge in [-0.2, -0.15) is 17.6 Å². The fourth-order valence-electron chi connectivity index (χ4n) is 0.978. The molecular weight excluding hydrogens is 243 g/mol. The number of benzene rings is 1. The van der Waals surface area contributed by atoms with Crippen molar-refractivity contribution in [2.45, 2.75) is 10.8 Å². The molecule has 0 spiro atoms. The highest BCUT2D eigenvalue weighted by atomic mass is 35.5. The van der Waals surface area contributed by atoms with Crippen LogP contribution in [0.25, 0.3) is 0 Å². The first-order chi connectivity index (χ1) is 6.23. The molecule has 1 rings (SSSR count). The minimum Gasteiger partial charge on any atom is -0.183 e. The summed E-state index contributed by atoms with van der Waals surface area (Å²) in [5.41, 5.74) is -1.97. The molecule has 1 aromatic rings. The van der Waals surface area contributed by atoms with E-state index in [9.17, 15) is 17.6 Å². The van der Waals surface area contributed by atoms with Gasteiger partial charge in [0, 0.05) is 11.1 Å². The topological polar surface area (TPSA) is 0 Å². The van der Waals surface area contributed by atoms with E-state index in [1.165, 1.54) is 12.1 Å². The van der Waals surface area contributed by atoms with Gasteiger partial charge in [-0.1, -0.05) is 24.3 Å². The lowest BCUT2D eigenvalue weighted by atomic mass is 10.1. The van der Waals surface area contributed by atoms with Gasteiger partial charge in [0.2, 0.25) is 0 Å². The second-order valence-corrected chi connectivity index (χ2v) is 3.49. The smallest absolute Gasteiger partial charge is 0.183 e. The summed E-state index contributed by atoms with van der Waals surface area (Å²) < 4.78 is 50.5. The zero-order valence-corrected chi connectivity index (χ0v) is 8.09. The van der Waals surface area contributed by atoms with Crippen molar-refractivity contribution >= 4 is 23.2 Å². The van der Waals surface area contributed by atoms with Crippen LogP contribution in [0.1, 0.15) is 11.1 Å². The van der Waals surface area contributed by atoms with Crippen LogP contribution in [-0.2, 0) is 10.8 Å². The summed E-state index contributed by atoms with van der Waals surface area (Å²) in [5.74, 6) is 0. The van der Waals surface area contributed by atoms with Gasteiger partial charge in [-0.25, -0.2) is 0 Å². The molecule has 0 bridgehead atoms. The van der Waals surface area contributed by atoms with Crippen molar-refractivity contribution in [1.82, 2.24) is 0 Å². The molecule has 0 saturated heterocycles. The standard InChI is InChI=1S/C8H4Cl2F4/c9-7(11,12)5-3-1-2-4-6(5)8(10,13)14/h1-4H. The summed E-state index contributed by atoms with van der Waals surface area (Å²) in [5, 5.41) is -7.70. The molecule has 0 aliphatic carbocycles. The molecule has 1 aromatic carbocycles. The monoisotopic (exact) mass is 246 g/mol. The van der Waals surface area contributed by atoms with Gasteiger partial charge in [-0.3, -0.25) is 0 Å². The van der Waals surface area contributed by atoms with E-state index >= 15 is 0 Å². The average molecular weight is 247 g/mol. The third-order valence-corrected chi connectivity index (χ3v) is 1.95. The van der Waals surface area contributed by atoms with E-state index in [1.807, 2.05) is 0 Å². The molecule has 78 valence electrons. The van der Waals surface area contributed by atoms with Crippen molar-refractivity contribution in [3.05, 3.63) is 35.4 Å². The molecule has 0 N–H and O–H groups in total. The predicted octanol–water partition coefficient (Wildman–Crippen LogP) is 4.26. The number of hydrogen-bond donors (Lipinski definition) is 0. The van der Waals surface area contributed by atoms with Crippen LogP contribution in [0.2, 0.25) is 0 Å². The normalized spacial score (nSPS) is 13.0. The van der Waals surface area contributed by atoms with Gasteiger partial charge in [0.1, 0.15) is 0 Å². The molecule has 14 heavy (non-hydrogen) atoms. The first-order valence-corrected chi connectivity index (χ1v) is 4.22. The molecule has 0 fully saturated rings. The van der Waals surface area contributed by atoms with Gasteiger partial charge in [0.25, 0.3) is 0 Å². The molecule has 0 radical (unpaired) electrons. The van der Waals surface area contributed by atoms with Gasteiger partial charge in [-0.15, -0.1) is 0 Å².